The van der Waals surface area contributed by atoms with Crippen molar-refractivity contribution < 1.29 is 17.9 Å². The highest BCUT2D eigenvalue weighted by molar-refractivity contribution is 9.10. The molecule has 1 aromatic heterocycles. The third-order valence-electron chi connectivity index (χ3n) is 2.07. The molecule has 0 fully saturated rings. The number of alkyl halides is 2. The summed E-state index contributed by atoms with van der Waals surface area (Å²) >= 11 is 3.31. The van der Waals surface area contributed by atoms with Crippen LogP contribution in [0.25, 0.3) is 0 Å². The minimum Gasteiger partial charge on any atom is -0.486 e. The molecule has 17 heavy (non-hydrogen) atoms. The van der Waals surface area contributed by atoms with E-state index in [-0.39, 0.29) is 12.4 Å². The van der Waals surface area contributed by atoms with Gasteiger partial charge in [-0.3, -0.25) is 0 Å². The van der Waals surface area contributed by atoms with Crippen molar-refractivity contribution in [3.63, 3.8) is 0 Å². The van der Waals surface area contributed by atoms with Gasteiger partial charge in [0.25, 0.3) is 6.43 Å². The molecule has 2 rings (SSSR count). The number of hydrogen-bond donors (Lipinski definition) is 0. The second kappa shape index (κ2) is 5.31. The second-order valence-electron chi connectivity index (χ2n) is 3.35. The van der Waals surface area contributed by atoms with E-state index in [2.05, 4.69) is 15.9 Å². The highest BCUT2D eigenvalue weighted by atomic mass is 79.9. The number of furan rings is 1. The highest BCUT2D eigenvalue weighted by Crippen LogP contribution is 2.23. The van der Waals surface area contributed by atoms with E-state index in [1.165, 1.54) is 12.1 Å². The SMILES string of the molecule is FC(F)c1ccc(COc2cccc(Br)c2)o1. The Morgan fingerprint density at radius 2 is 2.06 bits per heavy atom. The molecule has 0 bridgehead atoms. The van der Waals surface area contributed by atoms with Crippen molar-refractivity contribution in [3.05, 3.63) is 52.4 Å². The molecule has 2 nitrogen and oxygen atoms in total. The first-order chi connectivity index (χ1) is 8.15. The van der Waals surface area contributed by atoms with Gasteiger partial charge in [0.1, 0.15) is 18.1 Å². The molecule has 0 N–H and O–H groups in total. The third kappa shape index (κ3) is 3.30. The van der Waals surface area contributed by atoms with Crippen LogP contribution in [0.15, 0.2) is 45.3 Å². The lowest BCUT2D eigenvalue weighted by molar-refractivity contribution is 0.117. The predicted molar refractivity (Wildman–Crippen MR) is 62.1 cm³/mol. The second-order valence-corrected chi connectivity index (χ2v) is 4.27. The molecule has 0 saturated carbocycles. The molecule has 0 aliphatic heterocycles. The quantitative estimate of drug-likeness (QED) is 0.826. The molecule has 1 heterocycles. The van der Waals surface area contributed by atoms with Crippen LogP contribution in [0.4, 0.5) is 8.78 Å². The van der Waals surface area contributed by atoms with Crippen molar-refractivity contribution in [2.45, 2.75) is 13.0 Å². The normalized spacial score (nSPS) is 10.8. The van der Waals surface area contributed by atoms with E-state index in [0.29, 0.717) is 11.5 Å². The van der Waals surface area contributed by atoms with Gasteiger partial charge >= 0.3 is 0 Å². The fraction of sp³-hybridized carbons (Fsp3) is 0.167. The first-order valence-corrected chi connectivity index (χ1v) is 5.69. The molecule has 0 aliphatic carbocycles. The summed E-state index contributed by atoms with van der Waals surface area (Å²) in [7, 11) is 0. The maximum atomic E-state index is 12.3. The van der Waals surface area contributed by atoms with Gasteiger partial charge in [0, 0.05) is 4.47 Å². The van der Waals surface area contributed by atoms with Crippen LogP contribution >= 0.6 is 15.9 Å². The minimum atomic E-state index is -2.59. The molecule has 2 aromatic rings. The van der Waals surface area contributed by atoms with Crippen LogP contribution in [0.2, 0.25) is 0 Å². The fourth-order valence-electron chi connectivity index (χ4n) is 1.30. The number of benzene rings is 1. The maximum Gasteiger partial charge on any atom is 0.295 e. The molecule has 0 amide bonds. The van der Waals surface area contributed by atoms with Gasteiger partial charge in [-0.25, -0.2) is 8.78 Å². The Kier molecular flexibility index (Phi) is 3.78. The molecular weight excluding hydrogens is 294 g/mol. The van der Waals surface area contributed by atoms with Gasteiger partial charge in [0.05, 0.1) is 0 Å². The first-order valence-electron chi connectivity index (χ1n) is 4.90. The van der Waals surface area contributed by atoms with Crippen LogP contribution < -0.4 is 4.74 Å². The van der Waals surface area contributed by atoms with Crippen molar-refractivity contribution >= 4 is 15.9 Å². The molecule has 0 unspecified atom stereocenters. The van der Waals surface area contributed by atoms with Crippen molar-refractivity contribution in [2.24, 2.45) is 0 Å². The molecule has 0 atom stereocenters. The summed E-state index contributed by atoms with van der Waals surface area (Å²) in [4.78, 5) is 0. The van der Waals surface area contributed by atoms with Gasteiger partial charge in [-0.05, 0) is 30.3 Å². The number of halogens is 3. The summed E-state index contributed by atoms with van der Waals surface area (Å²) in [5.41, 5.74) is 0. The van der Waals surface area contributed by atoms with E-state index >= 15 is 0 Å². The van der Waals surface area contributed by atoms with Crippen molar-refractivity contribution in [3.8, 4) is 5.75 Å². The average molecular weight is 303 g/mol. The van der Waals surface area contributed by atoms with Gasteiger partial charge in [0.15, 0.2) is 5.76 Å². The molecule has 0 saturated heterocycles. The molecule has 0 radical (unpaired) electrons. The minimum absolute atomic E-state index is 0.128. The fourth-order valence-corrected chi connectivity index (χ4v) is 1.68. The molecule has 5 heteroatoms. The Hall–Kier alpha value is -1.36. The average Bonchev–Trinajstić information content (AvgIpc) is 2.75. The van der Waals surface area contributed by atoms with E-state index in [1.807, 2.05) is 12.1 Å². The number of rotatable bonds is 4. The van der Waals surface area contributed by atoms with Crippen LogP contribution in [0.1, 0.15) is 17.9 Å². The smallest absolute Gasteiger partial charge is 0.295 e. The van der Waals surface area contributed by atoms with E-state index in [4.69, 9.17) is 9.15 Å². The lowest BCUT2D eigenvalue weighted by atomic mass is 10.3. The van der Waals surface area contributed by atoms with Crippen LogP contribution in [0, 0.1) is 0 Å². The lowest BCUT2D eigenvalue weighted by Gasteiger charge is -2.04. The molecular formula is C12H9BrF2O2. The zero-order chi connectivity index (χ0) is 12.3. The van der Waals surface area contributed by atoms with Crippen LogP contribution in [-0.2, 0) is 6.61 Å². The van der Waals surface area contributed by atoms with Gasteiger partial charge in [-0.1, -0.05) is 22.0 Å². The maximum absolute atomic E-state index is 12.3. The van der Waals surface area contributed by atoms with Crippen molar-refractivity contribution in [2.75, 3.05) is 0 Å². The monoisotopic (exact) mass is 302 g/mol. The Morgan fingerprint density at radius 1 is 1.24 bits per heavy atom. The van der Waals surface area contributed by atoms with Crippen LogP contribution in [0.3, 0.4) is 0 Å². The van der Waals surface area contributed by atoms with E-state index < -0.39 is 6.43 Å². The summed E-state index contributed by atoms with van der Waals surface area (Å²) in [5.74, 6) is 0.687. The summed E-state index contributed by atoms with van der Waals surface area (Å²) in [5, 5.41) is 0. The summed E-state index contributed by atoms with van der Waals surface area (Å²) < 4.78 is 35.7. The number of hydrogen-bond acceptors (Lipinski definition) is 2. The Balaban J connectivity index is 1.97. The zero-order valence-electron chi connectivity index (χ0n) is 8.70. The molecule has 1 aromatic carbocycles. The van der Waals surface area contributed by atoms with Gasteiger partial charge in [-0.2, -0.15) is 0 Å². The summed E-state index contributed by atoms with van der Waals surface area (Å²) in [6.07, 6.45) is -2.59. The number of ether oxygens (including phenoxy) is 1. The van der Waals surface area contributed by atoms with E-state index in [1.54, 1.807) is 12.1 Å². The largest absolute Gasteiger partial charge is 0.486 e. The Bertz CT molecular complexity index is 497. The third-order valence-corrected chi connectivity index (χ3v) is 2.57. The molecule has 90 valence electrons. The van der Waals surface area contributed by atoms with E-state index in [0.717, 1.165) is 4.47 Å². The van der Waals surface area contributed by atoms with Crippen molar-refractivity contribution in [1.29, 1.82) is 0 Å². The predicted octanol–water partition coefficient (Wildman–Crippen LogP) is 4.56. The Morgan fingerprint density at radius 3 is 2.71 bits per heavy atom. The summed E-state index contributed by atoms with van der Waals surface area (Å²) in [6, 6.07) is 10.0. The highest BCUT2D eigenvalue weighted by Gasteiger charge is 2.12. The first kappa shape index (κ1) is 12.1. The molecule has 0 spiro atoms. The van der Waals surface area contributed by atoms with Gasteiger partial charge < -0.3 is 9.15 Å². The van der Waals surface area contributed by atoms with Crippen LogP contribution in [0.5, 0.6) is 5.75 Å². The standard InChI is InChI=1S/C12H9BrF2O2/c13-8-2-1-3-9(6-8)16-7-10-4-5-11(17-10)12(14)15/h1-6,12H,7H2. The van der Waals surface area contributed by atoms with Crippen LogP contribution in [-0.4, -0.2) is 0 Å². The summed E-state index contributed by atoms with van der Waals surface area (Å²) in [6.45, 7) is 0.128. The topological polar surface area (TPSA) is 22.4 Å². The molecule has 0 aliphatic rings. The van der Waals surface area contributed by atoms with Gasteiger partial charge in [-0.15, -0.1) is 0 Å². The lowest BCUT2D eigenvalue weighted by Crippen LogP contribution is -1.93. The van der Waals surface area contributed by atoms with Gasteiger partial charge in [0.2, 0.25) is 0 Å². The van der Waals surface area contributed by atoms with E-state index in [9.17, 15) is 8.78 Å². The van der Waals surface area contributed by atoms with Crippen molar-refractivity contribution in [1.82, 2.24) is 0 Å². The Labute approximate surface area is 105 Å². The zero-order valence-corrected chi connectivity index (χ0v) is 10.3.